The van der Waals surface area contributed by atoms with Gasteiger partial charge < -0.3 is 24.8 Å². The Morgan fingerprint density at radius 1 is 0.868 bits per heavy atom. The molecule has 9 nitrogen and oxygen atoms in total. The van der Waals surface area contributed by atoms with Crippen LogP contribution in [0.1, 0.15) is 41.6 Å². The first-order valence-corrected chi connectivity index (χ1v) is 13.7. The lowest BCUT2D eigenvalue weighted by atomic mass is 9.84. The molecule has 1 saturated carbocycles. The zero-order valence-electron chi connectivity index (χ0n) is 21.9. The van der Waals surface area contributed by atoms with Crippen molar-refractivity contribution in [3.8, 4) is 0 Å². The molecule has 0 atom stereocenters. The van der Waals surface area contributed by atoms with Crippen molar-refractivity contribution in [3.05, 3.63) is 59.7 Å². The Balaban J connectivity index is 1.30. The first-order valence-electron chi connectivity index (χ1n) is 13.7. The van der Waals surface area contributed by atoms with E-state index in [9.17, 15) is 14.4 Å². The molecule has 2 saturated heterocycles. The number of anilines is 2. The van der Waals surface area contributed by atoms with Crippen molar-refractivity contribution >= 4 is 29.3 Å². The van der Waals surface area contributed by atoms with Crippen molar-refractivity contribution in [1.82, 2.24) is 15.1 Å². The Bertz CT molecular complexity index is 1120. The summed E-state index contributed by atoms with van der Waals surface area (Å²) in [5, 5.41) is 6.22. The summed E-state index contributed by atoms with van der Waals surface area (Å²) in [5.41, 5.74) is 2.80. The minimum atomic E-state index is -0.572. The van der Waals surface area contributed by atoms with Crippen LogP contribution in [0.3, 0.4) is 0 Å². The van der Waals surface area contributed by atoms with Gasteiger partial charge in [-0.1, -0.05) is 36.8 Å². The topological polar surface area (TPSA) is 94.2 Å². The second-order valence-corrected chi connectivity index (χ2v) is 10.3. The van der Waals surface area contributed by atoms with E-state index >= 15 is 0 Å². The van der Waals surface area contributed by atoms with E-state index in [1.54, 1.807) is 6.07 Å². The number of ether oxygens (including phenoxy) is 1. The third-order valence-corrected chi connectivity index (χ3v) is 7.71. The highest BCUT2D eigenvalue weighted by Gasteiger charge is 2.32. The van der Waals surface area contributed by atoms with E-state index in [-0.39, 0.29) is 24.3 Å². The van der Waals surface area contributed by atoms with Crippen LogP contribution >= 0.6 is 0 Å². The largest absolute Gasteiger partial charge is 0.444 e. The molecule has 1 aliphatic carbocycles. The fraction of sp³-hybridized carbons (Fsp3) is 0.483. The number of hydrogen-bond donors (Lipinski definition) is 2. The lowest BCUT2D eigenvalue weighted by Crippen LogP contribution is -2.51. The molecule has 0 spiro atoms. The number of amides is 3. The van der Waals surface area contributed by atoms with Crippen LogP contribution in [0.4, 0.5) is 16.2 Å². The predicted molar refractivity (Wildman–Crippen MR) is 146 cm³/mol. The van der Waals surface area contributed by atoms with Crippen LogP contribution in [0.5, 0.6) is 0 Å². The van der Waals surface area contributed by atoms with Gasteiger partial charge in [-0.3, -0.25) is 14.9 Å². The van der Waals surface area contributed by atoms with Gasteiger partial charge in [0.2, 0.25) is 5.91 Å². The Morgan fingerprint density at radius 2 is 1.66 bits per heavy atom. The van der Waals surface area contributed by atoms with Gasteiger partial charge in [0, 0.05) is 57.3 Å². The Hall–Kier alpha value is -3.59. The first kappa shape index (κ1) is 26.0. The fourth-order valence-corrected chi connectivity index (χ4v) is 5.23. The number of nitrogens with zero attached hydrogens (tertiary/aromatic N) is 3. The smallest absolute Gasteiger partial charge is 0.412 e. The lowest BCUT2D eigenvalue weighted by Gasteiger charge is -2.39. The van der Waals surface area contributed by atoms with Gasteiger partial charge in [0.15, 0.2) is 0 Å². The molecule has 2 aromatic rings. The standard InChI is InChI=1S/C29H37N5O4/c35-27(23-8-4-9-23)34-18-16-32(17-19-34)26-11-10-24(28(36)33-14-5-12-30-13-15-33)20-25(26)31-29(37)38-21-22-6-2-1-3-7-22/h1-3,6-7,10-11,20,23,30H,4-5,8-9,12-19,21H2,(H,31,37). The molecule has 38 heavy (non-hydrogen) atoms. The molecule has 3 fully saturated rings. The van der Waals surface area contributed by atoms with Gasteiger partial charge in [-0.15, -0.1) is 0 Å². The van der Waals surface area contributed by atoms with Crippen molar-refractivity contribution in [2.75, 3.05) is 62.6 Å². The maximum atomic E-state index is 13.3. The van der Waals surface area contributed by atoms with Crippen LogP contribution in [0.25, 0.3) is 0 Å². The second kappa shape index (κ2) is 12.3. The number of piperazine rings is 1. The first-order chi connectivity index (χ1) is 18.6. The molecule has 0 radical (unpaired) electrons. The number of nitrogens with one attached hydrogen (secondary N) is 2. The quantitative estimate of drug-likeness (QED) is 0.608. The summed E-state index contributed by atoms with van der Waals surface area (Å²) in [6.45, 7) is 5.80. The zero-order chi connectivity index (χ0) is 26.3. The van der Waals surface area contributed by atoms with E-state index in [0.717, 1.165) is 50.0 Å². The molecule has 202 valence electrons. The minimum Gasteiger partial charge on any atom is -0.444 e. The van der Waals surface area contributed by atoms with E-state index < -0.39 is 6.09 Å². The van der Waals surface area contributed by atoms with Crippen LogP contribution in [-0.4, -0.2) is 80.1 Å². The molecule has 2 aromatic carbocycles. The highest BCUT2D eigenvalue weighted by atomic mass is 16.5. The van der Waals surface area contributed by atoms with Crippen LogP contribution in [0, 0.1) is 5.92 Å². The summed E-state index contributed by atoms with van der Waals surface area (Å²) < 4.78 is 5.48. The van der Waals surface area contributed by atoms with Crippen LogP contribution in [0.15, 0.2) is 48.5 Å². The van der Waals surface area contributed by atoms with Crippen molar-refractivity contribution in [2.45, 2.75) is 32.3 Å². The predicted octanol–water partition coefficient (Wildman–Crippen LogP) is 3.32. The molecular weight excluding hydrogens is 482 g/mol. The summed E-state index contributed by atoms with van der Waals surface area (Å²) >= 11 is 0. The third-order valence-electron chi connectivity index (χ3n) is 7.71. The summed E-state index contributed by atoms with van der Waals surface area (Å²) in [6, 6.07) is 15.0. The molecule has 2 N–H and O–H groups in total. The molecule has 2 heterocycles. The van der Waals surface area contributed by atoms with Gasteiger partial charge in [0.05, 0.1) is 11.4 Å². The maximum absolute atomic E-state index is 13.3. The lowest BCUT2D eigenvalue weighted by molar-refractivity contribution is -0.138. The summed E-state index contributed by atoms with van der Waals surface area (Å²) in [7, 11) is 0. The molecule has 5 rings (SSSR count). The molecule has 3 amide bonds. The zero-order valence-corrected chi connectivity index (χ0v) is 21.9. The molecule has 0 aromatic heterocycles. The maximum Gasteiger partial charge on any atom is 0.412 e. The molecule has 0 bridgehead atoms. The van der Waals surface area contributed by atoms with Crippen molar-refractivity contribution in [3.63, 3.8) is 0 Å². The van der Waals surface area contributed by atoms with Gasteiger partial charge in [0.1, 0.15) is 6.61 Å². The van der Waals surface area contributed by atoms with Gasteiger partial charge in [0.25, 0.3) is 5.91 Å². The Morgan fingerprint density at radius 3 is 2.39 bits per heavy atom. The minimum absolute atomic E-state index is 0.0446. The van der Waals surface area contributed by atoms with Crippen molar-refractivity contribution < 1.29 is 19.1 Å². The van der Waals surface area contributed by atoms with Gasteiger partial charge in [-0.05, 0) is 49.6 Å². The van der Waals surface area contributed by atoms with Crippen LogP contribution in [-0.2, 0) is 16.1 Å². The van der Waals surface area contributed by atoms with Crippen LogP contribution in [0.2, 0.25) is 0 Å². The average molecular weight is 520 g/mol. The fourth-order valence-electron chi connectivity index (χ4n) is 5.23. The van der Waals surface area contributed by atoms with E-state index in [0.29, 0.717) is 50.5 Å². The van der Waals surface area contributed by atoms with E-state index in [4.69, 9.17) is 4.74 Å². The van der Waals surface area contributed by atoms with Gasteiger partial charge in [-0.25, -0.2) is 4.79 Å². The number of carbonyl (C=O) groups excluding carboxylic acids is 3. The van der Waals surface area contributed by atoms with E-state index in [1.165, 1.54) is 0 Å². The Kier molecular flexibility index (Phi) is 8.43. The van der Waals surface area contributed by atoms with E-state index in [2.05, 4.69) is 15.5 Å². The van der Waals surface area contributed by atoms with E-state index in [1.807, 2.05) is 52.3 Å². The highest BCUT2D eigenvalue weighted by Crippen LogP contribution is 2.31. The second-order valence-electron chi connectivity index (χ2n) is 10.3. The monoisotopic (exact) mass is 519 g/mol. The summed E-state index contributed by atoms with van der Waals surface area (Å²) in [6.07, 6.45) is 3.48. The molecule has 2 aliphatic heterocycles. The summed E-state index contributed by atoms with van der Waals surface area (Å²) in [5.74, 6) is 0.418. The molecule has 9 heteroatoms. The average Bonchev–Trinajstić information content (AvgIpc) is 3.21. The van der Waals surface area contributed by atoms with Gasteiger partial charge >= 0.3 is 6.09 Å². The number of rotatable bonds is 6. The highest BCUT2D eigenvalue weighted by molar-refractivity contribution is 5.98. The summed E-state index contributed by atoms with van der Waals surface area (Å²) in [4.78, 5) is 44.8. The number of hydrogen-bond acceptors (Lipinski definition) is 6. The molecule has 0 unspecified atom stereocenters. The van der Waals surface area contributed by atoms with Gasteiger partial charge in [-0.2, -0.15) is 0 Å². The number of benzene rings is 2. The van der Waals surface area contributed by atoms with Crippen molar-refractivity contribution in [2.24, 2.45) is 5.92 Å². The Labute approximate surface area is 224 Å². The van der Waals surface area contributed by atoms with Crippen molar-refractivity contribution in [1.29, 1.82) is 0 Å². The normalized spacial score (nSPS) is 18.4. The third kappa shape index (κ3) is 6.27. The SMILES string of the molecule is O=C(Nc1cc(C(=O)N2CCCNCC2)ccc1N1CCN(C(=O)C2CCC2)CC1)OCc1ccccc1. The number of carbonyl (C=O) groups is 3. The molecular formula is C29H37N5O4. The molecule has 3 aliphatic rings. The van der Waals surface area contributed by atoms with Crippen LogP contribution < -0.4 is 15.5 Å².